The Balaban J connectivity index is 2.13. The molecule has 0 radical (unpaired) electrons. The fraction of sp³-hybridized carbons (Fsp3) is 0.0588. The molecular weight excluding hydrogens is 284 g/mol. The molecule has 0 N–H and O–H groups in total. The van der Waals surface area contributed by atoms with Crippen LogP contribution >= 0.6 is 11.6 Å². The van der Waals surface area contributed by atoms with E-state index in [9.17, 15) is 4.79 Å². The largest absolute Gasteiger partial charge is 0.352 e. The Morgan fingerprint density at radius 3 is 2.29 bits per heavy atom. The lowest BCUT2D eigenvalue weighted by Gasteiger charge is -2.10. The van der Waals surface area contributed by atoms with E-state index >= 15 is 0 Å². The Kier molecular flexibility index (Phi) is 3.59. The summed E-state index contributed by atoms with van der Waals surface area (Å²) in [5.74, 6) is 0. The highest BCUT2D eigenvalue weighted by Gasteiger charge is 2.08. The molecule has 1 aromatic heterocycles. The minimum Gasteiger partial charge on any atom is -0.265 e. The fourth-order valence-corrected chi connectivity index (χ4v) is 2.38. The number of nitrogens with zero attached hydrogens (tertiary/aromatic N) is 2. The molecule has 0 atom stereocenters. The van der Waals surface area contributed by atoms with Crippen molar-refractivity contribution in [2.75, 3.05) is 0 Å². The maximum atomic E-state index is 12.3. The van der Waals surface area contributed by atoms with Gasteiger partial charge in [-0.2, -0.15) is 4.98 Å². The molecule has 104 valence electrons. The minimum atomic E-state index is -0.286. The molecule has 0 amide bonds. The molecule has 4 heteroatoms. The maximum absolute atomic E-state index is 12.3. The zero-order valence-electron chi connectivity index (χ0n) is 11.5. The van der Waals surface area contributed by atoms with Crippen molar-refractivity contribution in [2.45, 2.75) is 6.92 Å². The number of hydrogen-bond acceptors (Lipinski definition) is 2. The third kappa shape index (κ3) is 2.73. The van der Waals surface area contributed by atoms with E-state index in [2.05, 4.69) is 4.98 Å². The van der Waals surface area contributed by atoms with Crippen LogP contribution in [0.3, 0.4) is 0 Å². The zero-order chi connectivity index (χ0) is 14.8. The molecule has 3 aromatic rings. The number of aromatic nitrogens is 2. The monoisotopic (exact) mass is 296 g/mol. The van der Waals surface area contributed by atoms with Gasteiger partial charge in [-0.05, 0) is 37.3 Å². The van der Waals surface area contributed by atoms with E-state index in [-0.39, 0.29) is 5.69 Å². The lowest BCUT2D eigenvalue weighted by atomic mass is 10.1. The molecule has 2 aromatic carbocycles. The maximum Gasteiger partial charge on any atom is 0.352 e. The number of benzene rings is 2. The summed E-state index contributed by atoms with van der Waals surface area (Å²) in [5, 5.41) is 0.660. The van der Waals surface area contributed by atoms with Crippen LogP contribution in [0.25, 0.3) is 16.9 Å². The third-order valence-electron chi connectivity index (χ3n) is 3.26. The molecule has 0 saturated carbocycles. The standard InChI is InChI=1S/C17H13ClN2O/c1-12-11-16(13-7-9-14(18)10-8-13)19-17(21)20(12)15-5-3-2-4-6-15/h2-11H,1H3. The van der Waals surface area contributed by atoms with Gasteiger partial charge in [0.15, 0.2) is 0 Å². The van der Waals surface area contributed by atoms with Gasteiger partial charge in [0.2, 0.25) is 0 Å². The number of halogens is 1. The number of hydrogen-bond donors (Lipinski definition) is 0. The Hall–Kier alpha value is -2.39. The summed E-state index contributed by atoms with van der Waals surface area (Å²) in [7, 11) is 0. The van der Waals surface area contributed by atoms with Crippen molar-refractivity contribution in [2.24, 2.45) is 0 Å². The summed E-state index contributed by atoms with van der Waals surface area (Å²) >= 11 is 5.88. The molecule has 3 rings (SSSR count). The van der Waals surface area contributed by atoms with Crippen molar-refractivity contribution in [1.82, 2.24) is 9.55 Å². The SMILES string of the molecule is Cc1cc(-c2ccc(Cl)cc2)nc(=O)n1-c1ccccc1. The summed E-state index contributed by atoms with van der Waals surface area (Å²) in [6.07, 6.45) is 0. The van der Waals surface area contributed by atoms with E-state index in [1.165, 1.54) is 0 Å². The molecule has 0 aliphatic rings. The highest BCUT2D eigenvalue weighted by Crippen LogP contribution is 2.20. The molecular formula is C17H13ClN2O. The Labute approximate surface area is 127 Å². The third-order valence-corrected chi connectivity index (χ3v) is 3.51. The molecule has 1 heterocycles. The molecule has 0 aliphatic carbocycles. The predicted molar refractivity (Wildman–Crippen MR) is 85.0 cm³/mol. The summed E-state index contributed by atoms with van der Waals surface area (Å²) in [6.45, 7) is 1.90. The molecule has 21 heavy (non-hydrogen) atoms. The van der Waals surface area contributed by atoms with Crippen molar-refractivity contribution >= 4 is 11.6 Å². The van der Waals surface area contributed by atoms with Crippen molar-refractivity contribution < 1.29 is 0 Å². The number of para-hydroxylation sites is 1. The summed E-state index contributed by atoms with van der Waals surface area (Å²) in [5.41, 5.74) is 2.90. The van der Waals surface area contributed by atoms with Crippen LogP contribution < -0.4 is 5.69 Å². The first kappa shape index (κ1) is 13.6. The van der Waals surface area contributed by atoms with Gasteiger partial charge in [-0.3, -0.25) is 4.57 Å². The second kappa shape index (κ2) is 5.54. The van der Waals surface area contributed by atoms with Crippen LogP contribution in [0.2, 0.25) is 5.02 Å². The molecule has 0 bridgehead atoms. The van der Waals surface area contributed by atoms with E-state index in [1.807, 2.05) is 55.5 Å². The topological polar surface area (TPSA) is 34.9 Å². The van der Waals surface area contributed by atoms with E-state index in [0.717, 1.165) is 16.9 Å². The van der Waals surface area contributed by atoms with Gasteiger partial charge in [0, 0.05) is 16.3 Å². The zero-order valence-corrected chi connectivity index (χ0v) is 12.2. The smallest absolute Gasteiger partial charge is 0.265 e. The summed E-state index contributed by atoms with van der Waals surface area (Å²) in [6, 6.07) is 18.7. The first-order valence-corrected chi connectivity index (χ1v) is 6.95. The van der Waals surface area contributed by atoms with Crippen molar-refractivity contribution in [1.29, 1.82) is 0 Å². The lowest BCUT2D eigenvalue weighted by Crippen LogP contribution is -2.23. The van der Waals surface area contributed by atoms with Gasteiger partial charge < -0.3 is 0 Å². The van der Waals surface area contributed by atoms with Gasteiger partial charge in [-0.15, -0.1) is 0 Å². The van der Waals surface area contributed by atoms with E-state index in [0.29, 0.717) is 10.7 Å². The normalized spacial score (nSPS) is 10.6. The van der Waals surface area contributed by atoms with E-state index in [4.69, 9.17) is 11.6 Å². The summed E-state index contributed by atoms with van der Waals surface area (Å²) in [4.78, 5) is 16.5. The Morgan fingerprint density at radius 1 is 1.00 bits per heavy atom. The second-order valence-corrected chi connectivity index (χ2v) is 5.18. The van der Waals surface area contributed by atoms with Crippen LogP contribution in [0.15, 0.2) is 65.5 Å². The minimum absolute atomic E-state index is 0.286. The molecule has 0 spiro atoms. The average Bonchev–Trinajstić information content (AvgIpc) is 2.48. The quantitative estimate of drug-likeness (QED) is 0.720. The van der Waals surface area contributed by atoms with Gasteiger partial charge in [0.05, 0.1) is 11.4 Å². The predicted octanol–water partition coefficient (Wildman–Crippen LogP) is 3.86. The van der Waals surface area contributed by atoms with Gasteiger partial charge >= 0.3 is 5.69 Å². The van der Waals surface area contributed by atoms with Crippen LogP contribution in [0.5, 0.6) is 0 Å². The molecule has 3 nitrogen and oxygen atoms in total. The molecule has 0 saturated heterocycles. The highest BCUT2D eigenvalue weighted by atomic mass is 35.5. The fourth-order valence-electron chi connectivity index (χ4n) is 2.26. The molecule has 0 unspecified atom stereocenters. The van der Waals surface area contributed by atoms with Crippen LogP contribution in [0, 0.1) is 6.92 Å². The van der Waals surface area contributed by atoms with Crippen LogP contribution in [0.4, 0.5) is 0 Å². The van der Waals surface area contributed by atoms with Gasteiger partial charge in [0.25, 0.3) is 0 Å². The highest BCUT2D eigenvalue weighted by molar-refractivity contribution is 6.30. The van der Waals surface area contributed by atoms with Crippen LogP contribution in [-0.4, -0.2) is 9.55 Å². The van der Waals surface area contributed by atoms with Crippen molar-refractivity contribution in [3.8, 4) is 16.9 Å². The van der Waals surface area contributed by atoms with Crippen LogP contribution in [-0.2, 0) is 0 Å². The first-order valence-electron chi connectivity index (χ1n) is 6.57. The van der Waals surface area contributed by atoms with Crippen molar-refractivity contribution in [3.63, 3.8) is 0 Å². The second-order valence-electron chi connectivity index (χ2n) is 4.74. The lowest BCUT2D eigenvalue weighted by molar-refractivity contribution is 0.876. The van der Waals surface area contributed by atoms with Crippen LogP contribution in [0.1, 0.15) is 5.69 Å². The van der Waals surface area contributed by atoms with Gasteiger partial charge in [-0.1, -0.05) is 41.9 Å². The summed E-state index contributed by atoms with van der Waals surface area (Å²) < 4.78 is 1.60. The van der Waals surface area contributed by atoms with E-state index < -0.39 is 0 Å². The molecule has 0 fully saturated rings. The number of rotatable bonds is 2. The van der Waals surface area contributed by atoms with Gasteiger partial charge in [-0.25, -0.2) is 4.79 Å². The van der Waals surface area contributed by atoms with Gasteiger partial charge in [0.1, 0.15) is 0 Å². The number of aryl methyl sites for hydroxylation is 1. The van der Waals surface area contributed by atoms with E-state index in [1.54, 1.807) is 16.7 Å². The van der Waals surface area contributed by atoms with Crippen molar-refractivity contribution in [3.05, 3.63) is 81.9 Å². The Morgan fingerprint density at radius 2 is 1.67 bits per heavy atom. The Bertz CT molecular complexity index is 824. The molecule has 0 aliphatic heterocycles. The first-order chi connectivity index (χ1) is 10.1. The average molecular weight is 297 g/mol.